The predicted octanol–water partition coefficient (Wildman–Crippen LogP) is 15.0. The molecule has 16 rings (SSSR count). The van der Waals surface area contributed by atoms with Crippen molar-refractivity contribution >= 4 is 71.1 Å². The second kappa shape index (κ2) is 19.9. The molecule has 13 aromatic rings. The van der Waals surface area contributed by atoms with Crippen molar-refractivity contribution in [2.24, 2.45) is 0 Å². The average Bonchev–Trinajstić information content (AvgIpc) is 1.35. The molecule has 4 N–H and O–H groups in total. The van der Waals surface area contributed by atoms with Gasteiger partial charge in [-0.25, -0.2) is 19.6 Å². The van der Waals surface area contributed by atoms with Crippen molar-refractivity contribution in [3.05, 3.63) is 132 Å². The van der Waals surface area contributed by atoms with Gasteiger partial charge in [-0.15, -0.1) is 0 Å². The number of aromatic amines is 4. The Bertz CT molecular complexity index is 4940. The van der Waals surface area contributed by atoms with Crippen molar-refractivity contribution < 1.29 is 39.5 Å². The fourth-order valence-electron chi connectivity index (χ4n) is 14.0. The number of aromatic nitrogens is 16. The summed E-state index contributed by atoms with van der Waals surface area (Å²) in [6.07, 6.45) is 3.17. The summed E-state index contributed by atoms with van der Waals surface area (Å²) in [5.74, 6) is -0.412. The third kappa shape index (κ3) is 8.82. The van der Waals surface area contributed by atoms with E-state index < -0.39 is 47.6 Å². The van der Waals surface area contributed by atoms with Crippen molar-refractivity contribution in [1.82, 2.24) is 80.3 Å². The minimum Gasteiger partial charge on any atom is -0.370 e. The Labute approximate surface area is 490 Å². The number of rotatable bonds is 8. The van der Waals surface area contributed by atoms with Crippen LogP contribution in [0, 0.1) is 0 Å². The number of nitrogens with one attached hydrogen (secondary N) is 4. The monoisotopic (exact) mass is 1200 g/mol. The minimum absolute atomic E-state index is 0.0578. The standard InChI is InChI=1S/C62H48F9N17/c63-60(64,65)57-40(27-76-83-57)48-22-36(53-38-25-74-81-44(38)12-14-46(53)77-48)47-20-32(15-16-72-47)87-28-41(58(84-87)61(66,67)68)49-21-35(52-37-24-73-80-43(37)11-13-45(52)78-49)30-7-6-8-31(19-30)88-29-42(59(85-88)62(69,70)71)55-34-10-3-2-9-33(34)54-39-26-75-82-50(39)23-51(56(54)79-55)86-17-4-1-5-18-86/h11-16,20-31H,1-10,17-19H2,(H,73,80)(H,74,81)(H,75,82)(H,76,83). The first-order valence-electron chi connectivity index (χ1n) is 29.0. The molecule has 3 aliphatic rings. The zero-order valence-corrected chi connectivity index (χ0v) is 46.3. The fraction of sp³-hybridized carbons (Fsp3) is 0.290. The van der Waals surface area contributed by atoms with Crippen LogP contribution in [0.15, 0.2) is 98.0 Å². The molecular weight excluding hydrogens is 1150 g/mol. The zero-order chi connectivity index (χ0) is 60.0. The summed E-state index contributed by atoms with van der Waals surface area (Å²) in [7, 11) is 0. The van der Waals surface area contributed by atoms with Gasteiger partial charge in [-0.1, -0.05) is 6.42 Å². The first kappa shape index (κ1) is 53.7. The van der Waals surface area contributed by atoms with Gasteiger partial charge in [0.15, 0.2) is 17.1 Å². The van der Waals surface area contributed by atoms with Gasteiger partial charge in [-0.3, -0.25) is 30.1 Å². The first-order chi connectivity index (χ1) is 42.5. The second-order valence-corrected chi connectivity index (χ2v) is 23.1. The first-order valence-corrected chi connectivity index (χ1v) is 29.0. The maximum absolute atomic E-state index is 15.7. The number of H-pyrrole nitrogens is 4. The molecule has 1 saturated heterocycles. The number of hydrogen-bond acceptors (Lipinski definition) is 11. The van der Waals surface area contributed by atoms with Crippen LogP contribution >= 0.6 is 0 Å². The number of benzene rings is 3. The Morgan fingerprint density at radius 2 is 1.19 bits per heavy atom. The second-order valence-electron chi connectivity index (χ2n) is 23.1. The Hall–Kier alpha value is -9.75. The van der Waals surface area contributed by atoms with Crippen LogP contribution in [-0.4, -0.2) is 93.4 Å². The molecule has 1 aliphatic heterocycles. The van der Waals surface area contributed by atoms with E-state index in [2.05, 4.69) is 65.9 Å². The summed E-state index contributed by atoms with van der Waals surface area (Å²) < 4.78 is 139. The van der Waals surface area contributed by atoms with E-state index in [-0.39, 0.29) is 57.1 Å². The highest BCUT2D eigenvalue weighted by atomic mass is 19.4. The highest BCUT2D eigenvalue weighted by molar-refractivity contribution is 6.14. The summed E-state index contributed by atoms with van der Waals surface area (Å²) in [6, 6.07) is 14.2. The maximum atomic E-state index is 15.7. The topological polar surface area (TPSA) is 205 Å². The molecule has 0 amide bonds. The Morgan fingerprint density at radius 3 is 1.92 bits per heavy atom. The van der Waals surface area contributed by atoms with Gasteiger partial charge in [0, 0.05) is 75.8 Å². The number of aryl methyl sites for hydroxylation is 1. The molecule has 2 atom stereocenters. The molecule has 2 fully saturated rings. The molecule has 2 unspecified atom stereocenters. The van der Waals surface area contributed by atoms with Gasteiger partial charge < -0.3 is 4.90 Å². The molecule has 0 bridgehead atoms. The number of alkyl halides is 9. The molecule has 3 aromatic carbocycles. The van der Waals surface area contributed by atoms with Crippen molar-refractivity contribution in [3.63, 3.8) is 0 Å². The summed E-state index contributed by atoms with van der Waals surface area (Å²) in [5.41, 5.74) is 3.06. The third-order valence-corrected chi connectivity index (χ3v) is 17.9. The normalized spacial score (nSPS) is 17.2. The van der Waals surface area contributed by atoms with E-state index in [0.717, 1.165) is 89.2 Å². The van der Waals surface area contributed by atoms with E-state index in [1.807, 2.05) is 6.07 Å². The minimum atomic E-state index is -5.02. The van der Waals surface area contributed by atoms with E-state index in [1.165, 1.54) is 47.7 Å². The molecule has 0 radical (unpaired) electrons. The van der Waals surface area contributed by atoms with Crippen molar-refractivity contribution in [1.29, 1.82) is 0 Å². The lowest BCUT2D eigenvalue weighted by Crippen LogP contribution is -2.29. The van der Waals surface area contributed by atoms with Gasteiger partial charge in [0.1, 0.15) is 0 Å². The summed E-state index contributed by atoms with van der Waals surface area (Å²) in [6.45, 7) is 1.58. The van der Waals surface area contributed by atoms with Crippen molar-refractivity contribution in [2.75, 3.05) is 18.0 Å². The van der Waals surface area contributed by atoms with Crippen LogP contribution in [0.3, 0.4) is 0 Å². The Kier molecular flexibility index (Phi) is 12.1. The number of fused-ring (bicyclic) bond motifs is 11. The van der Waals surface area contributed by atoms with E-state index in [0.29, 0.717) is 86.8 Å². The van der Waals surface area contributed by atoms with Gasteiger partial charge in [0.05, 0.1) is 109 Å². The number of anilines is 1. The number of halogens is 9. The van der Waals surface area contributed by atoms with E-state index in [1.54, 1.807) is 42.7 Å². The number of nitrogens with zero attached hydrogens (tertiary/aromatic N) is 13. The smallest absolute Gasteiger partial charge is 0.370 e. The molecule has 88 heavy (non-hydrogen) atoms. The zero-order valence-electron chi connectivity index (χ0n) is 46.3. The molecule has 2 aliphatic carbocycles. The van der Waals surface area contributed by atoms with Crippen molar-refractivity contribution in [3.8, 4) is 50.7 Å². The molecule has 444 valence electrons. The molecule has 10 aromatic heterocycles. The molecule has 0 spiro atoms. The maximum Gasteiger partial charge on any atom is 0.435 e. The quantitative estimate of drug-likeness (QED) is 0.105. The van der Waals surface area contributed by atoms with Crippen LogP contribution in [0.2, 0.25) is 0 Å². The van der Waals surface area contributed by atoms with Crippen LogP contribution in [-0.2, 0) is 31.4 Å². The molecule has 1 saturated carbocycles. The van der Waals surface area contributed by atoms with Crippen LogP contribution in [0.5, 0.6) is 0 Å². The molecule has 26 heteroatoms. The summed E-state index contributed by atoms with van der Waals surface area (Å²) in [5, 5.41) is 40.3. The number of pyridine rings is 4. The van der Waals surface area contributed by atoms with Gasteiger partial charge in [0.25, 0.3) is 0 Å². The molecule has 17 nitrogen and oxygen atoms in total. The largest absolute Gasteiger partial charge is 0.435 e. The van der Waals surface area contributed by atoms with Gasteiger partial charge in [-0.05, 0) is 141 Å². The summed E-state index contributed by atoms with van der Waals surface area (Å²) in [4.78, 5) is 21.6. The molecular formula is C62H48F9N17. The summed E-state index contributed by atoms with van der Waals surface area (Å²) >= 11 is 0. The number of piperidine rings is 1. The highest BCUT2D eigenvalue weighted by Crippen LogP contribution is 2.49. The lowest BCUT2D eigenvalue weighted by molar-refractivity contribution is -0.141. The lowest BCUT2D eigenvalue weighted by Gasteiger charge is -2.31. The fourth-order valence-corrected chi connectivity index (χ4v) is 14.0. The predicted molar refractivity (Wildman–Crippen MR) is 310 cm³/mol. The lowest BCUT2D eigenvalue weighted by atomic mass is 9.79. The van der Waals surface area contributed by atoms with Gasteiger partial charge in [-0.2, -0.15) is 70.1 Å². The van der Waals surface area contributed by atoms with E-state index >= 15 is 26.3 Å². The van der Waals surface area contributed by atoms with Crippen LogP contribution in [0.4, 0.5) is 45.2 Å². The van der Waals surface area contributed by atoms with E-state index in [9.17, 15) is 13.2 Å². The third-order valence-electron chi connectivity index (χ3n) is 17.9. The molecule has 11 heterocycles. The van der Waals surface area contributed by atoms with Gasteiger partial charge in [0.2, 0.25) is 0 Å². The van der Waals surface area contributed by atoms with Crippen molar-refractivity contribution in [2.45, 2.75) is 101 Å². The highest BCUT2D eigenvalue weighted by Gasteiger charge is 2.43. The number of hydrogen-bond donors (Lipinski definition) is 4. The van der Waals surface area contributed by atoms with E-state index in [4.69, 9.17) is 9.97 Å². The Balaban J connectivity index is 0.803. The Morgan fingerprint density at radius 1 is 0.534 bits per heavy atom. The van der Waals surface area contributed by atoms with Crippen LogP contribution in [0.1, 0.15) is 104 Å². The van der Waals surface area contributed by atoms with Crippen LogP contribution in [0.25, 0.3) is 116 Å². The van der Waals surface area contributed by atoms with Gasteiger partial charge >= 0.3 is 18.5 Å². The average molecular weight is 1200 g/mol. The SMILES string of the molecule is FC(F)(F)c1n[nH]cc1-c1cc(-c2cc(-n3cc(-c4cc(C5CCCC(n6cc(-c7nc8c(N9CCCCC9)cc9[nH]ncc9c8c8c7CCCC8)c(C(F)(F)F)n6)C5)c5c(ccc6[nH]ncc65)n4)c(C(F)(F)F)n3)ccn2)c2c(ccc3[nH]ncc32)n1. The van der Waals surface area contributed by atoms with Crippen LogP contribution < -0.4 is 4.90 Å².